The lowest BCUT2D eigenvalue weighted by Gasteiger charge is -2.18. The molecule has 4 heteroatoms. The third-order valence-electron chi connectivity index (χ3n) is 2.85. The predicted molar refractivity (Wildman–Crippen MR) is 82.2 cm³/mol. The van der Waals surface area contributed by atoms with Gasteiger partial charge in [0.1, 0.15) is 0 Å². The molecule has 18 heavy (non-hydrogen) atoms. The van der Waals surface area contributed by atoms with Crippen LogP contribution in [0.3, 0.4) is 0 Å². The maximum atomic E-state index is 5.70. The highest BCUT2D eigenvalue weighted by Crippen LogP contribution is 2.30. The highest BCUT2D eigenvalue weighted by molar-refractivity contribution is 9.11. The Balaban J connectivity index is 2.41. The van der Waals surface area contributed by atoms with Gasteiger partial charge in [0.15, 0.2) is 0 Å². The van der Waals surface area contributed by atoms with Crippen molar-refractivity contribution in [3.05, 3.63) is 68.1 Å². The summed E-state index contributed by atoms with van der Waals surface area (Å²) in [5, 5.41) is 0. The quantitative estimate of drug-likeness (QED) is 0.632. The molecule has 0 saturated carbocycles. The second kappa shape index (κ2) is 5.97. The minimum absolute atomic E-state index is 0.0203. The SMILES string of the molecule is Cc1ccc(C(NN)c2ccc(Br)cc2Br)cc1. The van der Waals surface area contributed by atoms with Crippen molar-refractivity contribution < 1.29 is 0 Å². The lowest BCUT2D eigenvalue weighted by Crippen LogP contribution is -2.29. The first-order chi connectivity index (χ1) is 8.61. The Morgan fingerprint density at radius 2 is 1.72 bits per heavy atom. The lowest BCUT2D eigenvalue weighted by molar-refractivity contribution is 0.634. The van der Waals surface area contributed by atoms with E-state index in [-0.39, 0.29) is 6.04 Å². The molecule has 1 atom stereocenters. The van der Waals surface area contributed by atoms with Crippen LogP contribution >= 0.6 is 31.9 Å². The van der Waals surface area contributed by atoms with E-state index in [2.05, 4.69) is 74.5 Å². The minimum Gasteiger partial charge on any atom is -0.271 e. The monoisotopic (exact) mass is 368 g/mol. The molecule has 0 bridgehead atoms. The number of nitrogens with one attached hydrogen (secondary N) is 1. The Labute approximate surface area is 124 Å². The van der Waals surface area contributed by atoms with Crippen molar-refractivity contribution in [3.63, 3.8) is 0 Å². The van der Waals surface area contributed by atoms with Crippen LogP contribution in [0, 0.1) is 6.92 Å². The number of hydrazine groups is 1. The summed E-state index contributed by atoms with van der Waals surface area (Å²) in [6, 6.07) is 14.4. The summed E-state index contributed by atoms with van der Waals surface area (Å²) in [4.78, 5) is 0. The van der Waals surface area contributed by atoms with Crippen molar-refractivity contribution in [1.29, 1.82) is 0 Å². The Kier molecular flexibility index (Phi) is 4.56. The van der Waals surface area contributed by atoms with E-state index in [0.29, 0.717) is 0 Å². The second-order valence-corrected chi connectivity index (χ2v) is 5.95. The molecule has 0 aromatic heterocycles. The molecular formula is C14H14Br2N2. The zero-order valence-corrected chi connectivity index (χ0v) is 13.1. The minimum atomic E-state index is -0.0203. The standard InChI is InChI=1S/C14H14Br2N2/c1-9-2-4-10(5-3-9)14(18-17)12-7-6-11(15)8-13(12)16/h2-8,14,18H,17H2,1H3. The van der Waals surface area contributed by atoms with Gasteiger partial charge in [0.25, 0.3) is 0 Å². The van der Waals surface area contributed by atoms with Crippen LogP contribution in [0.4, 0.5) is 0 Å². The summed E-state index contributed by atoms with van der Waals surface area (Å²) in [5.41, 5.74) is 6.37. The van der Waals surface area contributed by atoms with Crippen LogP contribution in [0.15, 0.2) is 51.4 Å². The molecule has 2 rings (SSSR count). The first kappa shape index (κ1) is 13.7. The van der Waals surface area contributed by atoms with Gasteiger partial charge in [-0.05, 0) is 30.2 Å². The third kappa shape index (κ3) is 3.01. The van der Waals surface area contributed by atoms with E-state index in [1.54, 1.807) is 0 Å². The summed E-state index contributed by atoms with van der Waals surface area (Å²) in [6.07, 6.45) is 0. The van der Waals surface area contributed by atoms with Gasteiger partial charge in [0.05, 0.1) is 6.04 Å². The first-order valence-electron chi connectivity index (χ1n) is 5.59. The molecular weight excluding hydrogens is 356 g/mol. The van der Waals surface area contributed by atoms with E-state index in [9.17, 15) is 0 Å². The van der Waals surface area contributed by atoms with E-state index in [4.69, 9.17) is 5.84 Å². The molecule has 2 aromatic carbocycles. The van der Waals surface area contributed by atoms with E-state index in [0.717, 1.165) is 20.1 Å². The molecule has 0 aliphatic rings. The van der Waals surface area contributed by atoms with Gasteiger partial charge in [-0.15, -0.1) is 0 Å². The molecule has 2 nitrogen and oxygen atoms in total. The lowest BCUT2D eigenvalue weighted by atomic mass is 9.98. The van der Waals surface area contributed by atoms with Gasteiger partial charge in [0.2, 0.25) is 0 Å². The van der Waals surface area contributed by atoms with Crippen LogP contribution < -0.4 is 11.3 Å². The number of benzene rings is 2. The maximum absolute atomic E-state index is 5.70. The van der Waals surface area contributed by atoms with Gasteiger partial charge in [-0.25, -0.2) is 5.43 Å². The predicted octanol–water partition coefficient (Wildman–Crippen LogP) is 4.07. The first-order valence-corrected chi connectivity index (χ1v) is 7.18. The van der Waals surface area contributed by atoms with Gasteiger partial charge in [-0.3, -0.25) is 5.84 Å². The van der Waals surface area contributed by atoms with Crippen LogP contribution in [0.1, 0.15) is 22.7 Å². The van der Waals surface area contributed by atoms with Crippen LogP contribution in [-0.2, 0) is 0 Å². The average Bonchev–Trinajstić information content (AvgIpc) is 2.35. The van der Waals surface area contributed by atoms with E-state index >= 15 is 0 Å². The summed E-state index contributed by atoms with van der Waals surface area (Å²) >= 11 is 7.03. The largest absolute Gasteiger partial charge is 0.271 e. The molecule has 0 heterocycles. The fraction of sp³-hybridized carbons (Fsp3) is 0.143. The van der Waals surface area contributed by atoms with Crippen LogP contribution in [0.5, 0.6) is 0 Å². The number of hydrogen-bond acceptors (Lipinski definition) is 2. The Hall–Kier alpha value is -0.680. The molecule has 0 amide bonds. The van der Waals surface area contributed by atoms with E-state index < -0.39 is 0 Å². The van der Waals surface area contributed by atoms with Crippen molar-refractivity contribution in [2.24, 2.45) is 5.84 Å². The number of hydrogen-bond donors (Lipinski definition) is 2. The average molecular weight is 370 g/mol. The topological polar surface area (TPSA) is 38.0 Å². The van der Waals surface area contributed by atoms with Gasteiger partial charge >= 0.3 is 0 Å². The van der Waals surface area contributed by atoms with Crippen LogP contribution in [0.25, 0.3) is 0 Å². The van der Waals surface area contributed by atoms with Crippen molar-refractivity contribution >= 4 is 31.9 Å². The zero-order valence-electron chi connectivity index (χ0n) is 9.95. The molecule has 1 unspecified atom stereocenters. The number of aryl methyl sites for hydroxylation is 1. The highest BCUT2D eigenvalue weighted by Gasteiger charge is 2.15. The Morgan fingerprint density at radius 3 is 2.28 bits per heavy atom. The summed E-state index contributed by atoms with van der Waals surface area (Å²) in [6.45, 7) is 2.07. The van der Waals surface area contributed by atoms with Crippen molar-refractivity contribution in [1.82, 2.24) is 5.43 Å². The van der Waals surface area contributed by atoms with Crippen molar-refractivity contribution in [2.75, 3.05) is 0 Å². The van der Waals surface area contributed by atoms with E-state index in [1.807, 2.05) is 12.1 Å². The highest BCUT2D eigenvalue weighted by atomic mass is 79.9. The molecule has 94 valence electrons. The normalized spacial score (nSPS) is 12.4. The molecule has 0 spiro atoms. The smallest absolute Gasteiger partial charge is 0.0721 e. The maximum Gasteiger partial charge on any atom is 0.0721 e. The number of nitrogens with two attached hydrogens (primary N) is 1. The summed E-state index contributed by atoms with van der Waals surface area (Å²) < 4.78 is 2.07. The molecule has 0 fully saturated rings. The van der Waals surface area contributed by atoms with Gasteiger partial charge in [-0.1, -0.05) is 67.8 Å². The number of halogens is 2. The number of rotatable bonds is 3. The van der Waals surface area contributed by atoms with Gasteiger partial charge in [-0.2, -0.15) is 0 Å². The summed E-state index contributed by atoms with van der Waals surface area (Å²) in [5.74, 6) is 5.70. The second-order valence-electron chi connectivity index (χ2n) is 4.18. The van der Waals surface area contributed by atoms with Crippen molar-refractivity contribution in [2.45, 2.75) is 13.0 Å². The van der Waals surface area contributed by atoms with Crippen LogP contribution in [-0.4, -0.2) is 0 Å². The van der Waals surface area contributed by atoms with E-state index in [1.165, 1.54) is 5.56 Å². The Morgan fingerprint density at radius 1 is 1.06 bits per heavy atom. The summed E-state index contributed by atoms with van der Waals surface area (Å²) in [7, 11) is 0. The molecule has 3 N–H and O–H groups in total. The third-order valence-corrected chi connectivity index (χ3v) is 4.03. The van der Waals surface area contributed by atoms with Crippen molar-refractivity contribution in [3.8, 4) is 0 Å². The molecule has 0 aliphatic carbocycles. The fourth-order valence-electron chi connectivity index (χ4n) is 1.86. The van der Waals surface area contributed by atoms with Crippen LogP contribution in [0.2, 0.25) is 0 Å². The Bertz CT molecular complexity index is 538. The van der Waals surface area contributed by atoms with Gasteiger partial charge < -0.3 is 0 Å². The fourth-order valence-corrected chi connectivity index (χ4v) is 3.14. The molecule has 0 saturated heterocycles. The molecule has 2 aromatic rings. The zero-order chi connectivity index (χ0) is 13.1. The molecule has 0 radical (unpaired) electrons. The molecule has 0 aliphatic heterocycles. The van der Waals surface area contributed by atoms with Gasteiger partial charge in [0, 0.05) is 8.95 Å².